The number of carbonyl (C=O) groups excluding carboxylic acids is 1. The molecule has 3 nitrogen and oxygen atoms in total. The zero-order valence-electron chi connectivity index (χ0n) is 21.6. The van der Waals surface area contributed by atoms with E-state index in [2.05, 4.69) is 88.4 Å². The Bertz CT molecular complexity index is 1430. The minimum absolute atomic E-state index is 0. The molecule has 0 saturated carbocycles. The van der Waals surface area contributed by atoms with Crippen molar-refractivity contribution in [3.05, 3.63) is 101 Å². The van der Waals surface area contributed by atoms with Crippen molar-refractivity contribution in [1.82, 2.24) is 4.98 Å². The molecule has 4 aromatic rings. The summed E-state index contributed by atoms with van der Waals surface area (Å²) in [5.41, 5.74) is 9.86. The molecule has 0 fully saturated rings. The number of allylic oxidation sites excluding steroid dienone is 2. The molecule has 3 aromatic carbocycles. The largest absolute Gasteiger partial charge is 0.512 e. The molecule has 0 amide bonds. The number of aliphatic hydroxyl groups is 1. The number of pyridine rings is 1. The van der Waals surface area contributed by atoms with Crippen molar-refractivity contribution >= 4 is 16.7 Å². The maximum atomic E-state index is 10.0. The van der Waals surface area contributed by atoms with E-state index in [1.807, 2.05) is 12.1 Å². The van der Waals surface area contributed by atoms with E-state index in [-0.39, 0.29) is 37.1 Å². The fraction of sp³-hybridized carbons (Fsp3) is 0.250. The number of hydrogen-bond acceptors (Lipinski definition) is 3. The monoisotopic (exact) mass is 655 g/mol. The third-order valence-corrected chi connectivity index (χ3v) is 6.55. The van der Waals surface area contributed by atoms with Crippen molar-refractivity contribution in [2.45, 2.75) is 52.9 Å². The molecule has 0 saturated heterocycles. The standard InChI is InChI=1S/C27H24N.C5H8O2.Ir/c1-17(2)19-14-15-22-21(16-19)24-25(27(22,3)4)20-12-8-9-13-23(20)28-26(24)18-10-6-5-7-11-18;1-4(6)3-5(2)7;/h5-10,12-17H,1-4H3;3,6H,1-2H3;/q-1;;/b;4-3-;. The molecule has 0 aliphatic heterocycles. The summed E-state index contributed by atoms with van der Waals surface area (Å²) in [5.74, 6) is 0.435. The van der Waals surface area contributed by atoms with Gasteiger partial charge in [-0.15, -0.1) is 35.9 Å². The third kappa shape index (κ3) is 5.21. The smallest absolute Gasteiger partial charge is 0.155 e. The van der Waals surface area contributed by atoms with E-state index in [9.17, 15) is 4.79 Å². The van der Waals surface area contributed by atoms with Crippen LogP contribution < -0.4 is 0 Å². The van der Waals surface area contributed by atoms with Crippen molar-refractivity contribution in [2.24, 2.45) is 0 Å². The Hall–Kier alpha value is -3.07. The van der Waals surface area contributed by atoms with Crippen LogP contribution in [-0.2, 0) is 30.3 Å². The van der Waals surface area contributed by atoms with Crippen LogP contribution in [0.15, 0.2) is 78.6 Å². The van der Waals surface area contributed by atoms with Crippen molar-refractivity contribution in [2.75, 3.05) is 0 Å². The average molecular weight is 655 g/mol. The van der Waals surface area contributed by atoms with Gasteiger partial charge in [-0.05, 0) is 59.3 Å². The first-order valence-corrected chi connectivity index (χ1v) is 12.0. The topological polar surface area (TPSA) is 50.2 Å². The number of aliphatic hydroxyl groups excluding tert-OH is 1. The molecule has 0 bridgehead atoms. The predicted molar refractivity (Wildman–Crippen MR) is 145 cm³/mol. The molecule has 0 spiro atoms. The Kier molecular flexibility index (Phi) is 8.33. The van der Waals surface area contributed by atoms with Crippen LogP contribution in [0, 0.1) is 6.07 Å². The maximum Gasteiger partial charge on any atom is 0.155 e. The van der Waals surface area contributed by atoms with Gasteiger partial charge >= 0.3 is 0 Å². The number of carbonyl (C=O) groups is 1. The number of rotatable bonds is 3. The summed E-state index contributed by atoms with van der Waals surface area (Å²) in [5, 5.41) is 9.62. The first-order chi connectivity index (χ1) is 16.6. The molecule has 4 heteroatoms. The molecule has 0 atom stereocenters. The molecule has 5 rings (SSSR count). The number of fused-ring (bicyclic) bond motifs is 5. The van der Waals surface area contributed by atoms with E-state index in [0.29, 0.717) is 5.92 Å². The minimum Gasteiger partial charge on any atom is -0.512 e. The molecule has 1 aliphatic carbocycles. The normalized spacial score (nSPS) is 13.4. The van der Waals surface area contributed by atoms with Crippen LogP contribution >= 0.6 is 0 Å². The van der Waals surface area contributed by atoms with E-state index in [4.69, 9.17) is 10.1 Å². The van der Waals surface area contributed by atoms with E-state index >= 15 is 0 Å². The zero-order chi connectivity index (χ0) is 25.3. The molecule has 1 radical (unpaired) electrons. The average Bonchev–Trinajstić information content (AvgIpc) is 3.06. The number of hydrogen-bond donors (Lipinski definition) is 1. The first-order valence-electron chi connectivity index (χ1n) is 12.0. The van der Waals surface area contributed by atoms with Gasteiger partial charge < -0.3 is 5.11 Å². The Balaban J connectivity index is 0.000000400. The van der Waals surface area contributed by atoms with Gasteiger partial charge in [-0.25, -0.2) is 0 Å². The van der Waals surface area contributed by atoms with Crippen LogP contribution in [0.3, 0.4) is 0 Å². The van der Waals surface area contributed by atoms with E-state index < -0.39 is 0 Å². The SMILES string of the molecule is CC(=O)/C=C(/C)O.CC(C)c1ccc2c(c1)-c1c(-c3[c-]cccc3)nc3ccccc3c1C2(C)C.[Ir]. The molecule has 1 N–H and O–H groups in total. The molecule has 1 aliphatic rings. The predicted octanol–water partition coefficient (Wildman–Crippen LogP) is 8.17. The molecule has 36 heavy (non-hydrogen) atoms. The van der Waals surface area contributed by atoms with Crippen LogP contribution in [0.5, 0.6) is 0 Å². The van der Waals surface area contributed by atoms with E-state index in [1.54, 1.807) is 0 Å². The zero-order valence-corrected chi connectivity index (χ0v) is 24.0. The van der Waals surface area contributed by atoms with Crippen molar-refractivity contribution in [3.8, 4) is 22.4 Å². The Labute approximate surface area is 227 Å². The minimum atomic E-state index is -0.125. The Morgan fingerprint density at radius 3 is 2.31 bits per heavy atom. The van der Waals surface area contributed by atoms with E-state index in [1.165, 1.54) is 53.1 Å². The van der Waals surface area contributed by atoms with Crippen molar-refractivity contribution in [1.29, 1.82) is 0 Å². The van der Waals surface area contributed by atoms with Gasteiger partial charge in [-0.3, -0.25) is 9.78 Å². The van der Waals surface area contributed by atoms with Gasteiger partial charge in [0.05, 0.1) is 11.3 Å². The molecule has 1 aromatic heterocycles. The van der Waals surface area contributed by atoms with Gasteiger partial charge in [0.15, 0.2) is 5.78 Å². The number of nitrogens with zero attached hydrogens (tertiary/aromatic N) is 1. The van der Waals surface area contributed by atoms with Gasteiger partial charge in [0.25, 0.3) is 0 Å². The Morgan fingerprint density at radius 2 is 1.72 bits per heavy atom. The third-order valence-electron chi connectivity index (χ3n) is 6.55. The maximum absolute atomic E-state index is 10.0. The van der Waals surface area contributed by atoms with Crippen LogP contribution in [0.25, 0.3) is 33.3 Å². The van der Waals surface area contributed by atoms with Gasteiger partial charge in [-0.1, -0.05) is 64.1 Å². The summed E-state index contributed by atoms with van der Waals surface area (Å²) in [4.78, 5) is 15.1. The number of ketones is 1. The number of para-hydroxylation sites is 1. The first kappa shape index (κ1) is 27.5. The fourth-order valence-electron chi connectivity index (χ4n) is 4.96. The van der Waals surface area contributed by atoms with Crippen LogP contribution in [-0.4, -0.2) is 15.9 Å². The van der Waals surface area contributed by atoms with Crippen LogP contribution in [0.2, 0.25) is 0 Å². The van der Waals surface area contributed by atoms with Crippen molar-refractivity contribution in [3.63, 3.8) is 0 Å². The summed E-state index contributed by atoms with van der Waals surface area (Å²) in [6.45, 7) is 12.1. The summed E-state index contributed by atoms with van der Waals surface area (Å²) in [7, 11) is 0. The fourth-order valence-corrected chi connectivity index (χ4v) is 4.96. The van der Waals surface area contributed by atoms with Gasteiger partial charge in [0.2, 0.25) is 0 Å². The second kappa shape index (κ2) is 10.9. The molecule has 187 valence electrons. The quantitative estimate of drug-likeness (QED) is 0.138. The second-order valence-electron chi connectivity index (χ2n) is 9.98. The summed E-state index contributed by atoms with van der Waals surface area (Å²) >= 11 is 0. The summed E-state index contributed by atoms with van der Waals surface area (Å²) in [6.07, 6.45) is 1.17. The summed E-state index contributed by atoms with van der Waals surface area (Å²) in [6, 6.07) is 27.1. The van der Waals surface area contributed by atoms with Gasteiger partial charge in [0, 0.05) is 37.0 Å². The molecular weight excluding hydrogens is 623 g/mol. The second-order valence-corrected chi connectivity index (χ2v) is 9.98. The van der Waals surface area contributed by atoms with Gasteiger partial charge in [0.1, 0.15) is 0 Å². The van der Waals surface area contributed by atoms with Crippen LogP contribution in [0.4, 0.5) is 0 Å². The molecule has 1 heterocycles. The summed E-state index contributed by atoms with van der Waals surface area (Å²) < 4.78 is 0. The van der Waals surface area contributed by atoms with Crippen molar-refractivity contribution < 1.29 is 30.0 Å². The van der Waals surface area contributed by atoms with Gasteiger partial charge in [-0.2, -0.15) is 0 Å². The number of aromatic nitrogens is 1. The number of benzene rings is 3. The van der Waals surface area contributed by atoms with E-state index in [0.717, 1.165) is 16.8 Å². The molecular formula is C32H32IrNO2-. The Morgan fingerprint density at radius 1 is 1.03 bits per heavy atom. The molecule has 0 unspecified atom stereocenters. The van der Waals surface area contributed by atoms with Crippen LogP contribution in [0.1, 0.15) is 64.2 Å².